The molecule has 2 N–H and O–H groups in total. The Morgan fingerprint density at radius 1 is 1.25 bits per heavy atom. The van der Waals surface area contributed by atoms with Crippen molar-refractivity contribution in [1.82, 2.24) is 10.6 Å². The summed E-state index contributed by atoms with van der Waals surface area (Å²) in [6.07, 6.45) is -1.47. The topological polar surface area (TPSA) is 41.1 Å². The third-order valence-corrected chi connectivity index (χ3v) is 4.30. The number of hydrogen-bond acceptors (Lipinski definition) is 2. The molecule has 136 valence electrons. The molecule has 1 aliphatic rings. The predicted molar refractivity (Wildman–Crippen MR) is 90.4 cm³/mol. The molecule has 1 atom stereocenters. The highest BCUT2D eigenvalue weighted by atomic mass is 35.5. The van der Waals surface area contributed by atoms with Crippen molar-refractivity contribution in [2.24, 2.45) is 0 Å². The maximum Gasteiger partial charge on any atom is 0.416 e. The summed E-state index contributed by atoms with van der Waals surface area (Å²) in [5, 5.41) is 6.03. The van der Waals surface area contributed by atoms with Crippen LogP contribution >= 0.6 is 12.4 Å². The number of carbonyl (C=O) groups is 1. The highest BCUT2D eigenvalue weighted by Crippen LogP contribution is 2.32. The highest BCUT2D eigenvalue weighted by Gasteiger charge is 2.32. The first-order valence-corrected chi connectivity index (χ1v) is 7.89. The van der Waals surface area contributed by atoms with E-state index in [2.05, 4.69) is 10.6 Å². The third-order valence-electron chi connectivity index (χ3n) is 4.30. The maximum atomic E-state index is 12.8. The Labute approximate surface area is 146 Å². The van der Waals surface area contributed by atoms with Crippen LogP contribution < -0.4 is 10.6 Å². The van der Waals surface area contributed by atoms with Crippen molar-refractivity contribution in [3.05, 3.63) is 35.4 Å². The van der Waals surface area contributed by atoms with Crippen LogP contribution in [-0.4, -0.2) is 25.0 Å². The SMILES string of the molecule is CC(C)(CNC(=O)C1CCCCN1)c1cccc(C(F)(F)F)c1.Cl. The van der Waals surface area contributed by atoms with Crippen LogP contribution in [0.25, 0.3) is 0 Å². The van der Waals surface area contributed by atoms with Gasteiger partial charge >= 0.3 is 6.18 Å². The molecule has 3 nitrogen and oxygen atoms in total. The lowest BCUT2D eigenvalue weighted by Crippen LogP contribution is -2.49. The number of benzene rings is 1. The molecule has 2 rings (SSSR count). The molecule has 1 aliphatic heterocycles. The average Bonchev–Trinajstić information content (AvgIpc) is 2.53. The van der Waals surface area contributed by atoms with E-state index >= 15 is 0 Å². The monoisotopic (exact) mass is 364 g/mol. The highest BCUT2D eigenvalue weighted by molar-refractivity contribution is 5.85. The number of halogens is 4. The Bertz CT molecular complexity index is 555. The molecule has 0 aliphatic carbocycles. The fourth-order valence-electron chi connectivity index (χ4n) is 2.73. The number of alkyl halides is 3. The van der Waals surface area contributed by atoms with Crippen LogP contribution in [0.5, 0.6) is 0 Å². The van der Waals surface area contributed by atoms with Crippen LogP contribution in [0.15, 0.2) is 24.3 Å². The number of rotatable bonds is 4. The largest absolute Gasteiger partial charge is 0.416 e. The molecular formula is C17H24ClF3N2O. The standard InChI is InChI=1S/C17H23F3N2O.ClH/c1-16(2,11-22-15(23)14-8-3-4-9-21-14)12-6-5-7-13(10-12)17(18,19)20;/h5-7,10,14,21H,3-4,8-9,11H2,1-2H3,(H,22,23);1H. The van der Waals surface area contributed by atoms with Crippen molar-refractivity contribution >= 4 is 18.3 Å². The average molecular weight is 365 g/mol. The quantitative estimate of drug-likeness (QED) is 0.856. The maximum absolute atomic E-state index is 12.8. The van der Waals surface area contributed by atoms with Crippen molar-refractivity contribution in [3.63, 3.8) is 0 Å². The molecule has 0 saturated carbocycles. The van der Waals surface area contributed by atoms with Gasteiger partial charge in [-0.05, 0) is 31.0 Å². The second-order valence-corrected chi connectivity index (χ2v) is 6.68. The van der Waals surface area contributed by atoms with Crippen LogP contribution in [0, 0.1) is 0 Å². The van der Waals surface area contributed by atoms with Gasteiger partial charge in [0.1, 0.15) is 0 Å². The molecular weight excluding hydrogens is 341 g/mol. The summed E-state index contributed by atoms with van der Waals surface area (Å²) in [5.41, 5.74) is -0.682. The molecule has 1 unspecified atom stereocenters. The van der Waals surface area contributed by atoms with E-state index in [0.29, 0.717) is 12.1 Å². The molecule has 0 bridgehead atoms. The molecule has 1 saturated heterocycles. The fourth-order valence-corrected chi connectivity index (χ4v) is 2.73. The fraction of sp³-hybridized carbons (Fsp3) is 0.588. The van der Waals surface area contributed by atoms with Gasteiger partial charge in [0, 0.05) is 12.0 Å². The number of amides is 1. The van der Waals surface area contributed by atoms with E-state index in [-0.39, 0.29) is 24.4 Å². The molecule has 0 spiro atoms. The summed E-state index contributed by atoms with van der Waals surface area (Å²) in [4.78, 5) is 12.1. The van der Waals surface area contributed by atoms with Crippen molar-refractivity contribution in [2.75, 3.05) is 13.1 Å². The first kappa shape index (κ1) is 20.8. The van der Waals surface area contributed by atoms with Crippen LogP contribution in [0.4, 0.5) is 13.2 Å². The molecule has 1 aromatic carbocycles. The van der Waals surface area contributed by atoms with Crippen molar-refractivity contribution in [1.29, 1.82) is 0 Å². The molecule has 24 heavy (non-hydrogen) atoms. The van der Waals surface area contributed by atoms with Gasteiger partial charge in [-0.3, -0.25) is 4.79 Å². The van der Waals surface area contributed by atoms with Crippen LogP contribution in [0.3, 0.4) is 0 Å². The van der Waals surface area contributed by atoms with Gasteiger partial charge in [0.05, 0.1) is 11.6 Å². The number of nitrogens with one attached hydrogen (secondary N) is 2. The number of piperidine rings is 1. The van der Waals surface area contributed by atoms with Crippen LogP contribution in [0.1, 0.15) is 44.2 Å². The summed E-state index contributed by atoms with van der Waals surface area (Å²) in [7, 11) is 0. The Morgan fingerprint density at radius 3 is 2.50 bits per heavy atom. The van der Waals surface area contributed by atoms with Gasteiger partial charge in [-0.2, -0.15) is 13.2 Å². The van der Waals surface area contributed by atoms with Gasteiger partial charge in [0.15, 0.2) is 0 Å². The van der Waals surface area contributed by atoms with Gasteiger partial charge in [0.25, 0.3) is 0 Å². The van der Waals surface area contributed by atoms with E-state index in [1.54, 1.807) is 6.07 Å². The van der Waals surface area contributed by atoms with E-state index < -0.39 is 17.2 Å². The Hall–Kier alpha value is -1.27. The van der Waals surface area contributed by atoms with Gasteiger partial charge in [0.2, 0.25) is 5.91 Å². The van der Waals surface area contributed by atoms with E-state index in [0.717, 1.165) is 37.9 Å². The van der Waals surface area contributed by atoms with Crippen molar-refractivity contribution in [3.8, 4) is 0 Å². The molecule has 0 aromatic heterocycles. The number of hydrogen-bond donors (Lipinski definition) is 2. The minimum atomic E-state index is -4.36. The molecule has 1 heterocycles. The lowest BCUT2D eigenvalue weighted by Gasteiger charge is -2.29. The first-order valence-electron chi connectivity index (χ1n) is 7.89. The first-order chi connectivity index (χ1) is 10.7. The zero-order valence-corrected chi connectivity index (χ0v) is 14.7. The predicted octanol–water partition coefficient (Wildman–Crippen LogP) is 3.66. The Balaban J connectivity index is 0.00000288. The van der Waals surface area contributed by atoms with Crippen molar-refractivity contribution < 1.29 is 18.0 Å². The van der Waals surface area contributed by atoms with E-state index in [9.17, 15) is 18.0 Å². The molecule has 1 aromatic rings. The normalized spacial score (nSPS) is 18.6. The van der Waals surface area contributed by atoms with Gasteiger partial charge in [-0.25, -0.2) is 0 Å². The summed E-state index contributed by atoms with van der Waals surface area (Å²) < 4.78 is 38.5. The lowest BCUT2D eigenvalue weighted by molar-refractivity contribution is -0.137. The summed E-state index contributed by atoms with van der Waals surface area (Å²) >= 11 is 0. The van der Waals surface area contributed by atoms with Crippen LogP contribution in [-0.2, 0) is 16.4 Å². The lowest BCUT2D eigenvalue weighted by atomic mass is 9.83. The Kier molecular flexibility index (Phi) is 7.10. The van der Waals surface area contributed by atoms with E-state index in [4.69, 9.17) is 0 Å². The summed E-state index contributed by atoms with van der Waals surface area (Å²) in [6, 6.07) is 5.10. The zero-order chi connectivity index (χ0) is 17.1. The van der Waals surface area contributed by atoms with Gasteiger partial charge in [-0.15, -0.1) is 12.4 Å². The van der Waals surface area contributed by atoms with Crippen molar-refractivity contribution in [2.45, 2.75) is 50.7 Å². The molecule has 1 amide bonds. The molecule has 0 radical (unpaired) electrons. The second-order valence-electron chi connectivity index (χ2n) is 6.68. The smallest absolute Gasteiger partial charge is 0.354 e. The van der Waals surface area contributed by atoms with Gasteiger partial charge < -0.3 is 10.6 Å². The third kappa shape index (κ3) is 5.38. The second kappa shape index (κ2) is 8.21. The summed E-state index contributed by atoms with van der Waals surface area (Å²) in [6.45, 7) is 4.79. The van der Waals surface area contributed by atoms with E-state index in [1.807, 2.05) is 13.8 Å². The minimum absolute atomic E-state index is 0. The van der Waals surface area contributed by atoms with E-state index in [1.165, 1.54) is 6.07 Å². The van der Waals surface area contributed by atoms with Gasteiger partial charge in [-0.1, -0.05) is 38.5 Å². The summed E-state index contributed by atoms with van der Waals surface area (Å²) in [5.74, 6) is -0.0789. The Morgan fingerprint density at radius 2 is 1.92 bits per heavy atom. The van der Waals surface area contributed by atoms with Crippen LogP contribution in [0.2, 0.25) is 0 Å². The minimum Gasteiger partial charge on any atom is -0.354 e. The molecule has 1 fully saturated rings. The molecule has 7 heteroatoms. The number of carbonyl (C=O) groups excluding carboxylic acids is 1. The zero-order valence-electron chi connectivity index (χ0n) is 13.9.